The third-order valence-electron chi connectivity index (χ3n) is 6.98. The molecule has 6 N–H and O–H groups in total. The Morgan fingerprint density at radius 1 is 0.946 bits per heavy atom. The number of benzene rings is 2. The Kier molecular flexibility index (Phi) is 8.88. The smallest absolute Gasteiger partial charge is 0.332 e. The molecular weight excluding hydrogens is 476 g/mol. The molecule has 4 atom stereocenters. The molecule has 0 saturated carbocycles. The minimum Gasteiger partial charge on any atom is -0.479 e. The van der Waals surface area contributed by atoms with Gasteiger partial charge >= 0.3 is 5.97 Å². The van der Waals surface area contributed by atoms with E-state index >= 15 is 0 Å². The summed E-state index contributed by atoms with van der Waals surface area (Å²) in [7, 11) is 0. The molecule has 0 bridgehead atoms. The van der Waals surface area contributed by atoms with Gasteiger partial charge in [0.2, 0.25) is 11.8 Å². The predicted molar refractivity (Wildman–Crippen MR) is 136 cm³/mol. The van der Waals surface area contributed by atoms with E-state index in [2.05, 4.69) is 16.2 Å². The van der Waals surface area contributed by atoms with E-state index in [1.807, 2.05) is 54.6 Å². The number of carboxylic acids is 1. The van der Waals surface area contributed by atoms with Crippen LogP contribution in [0, 0.1) is 0 Å². The zero-order valence-corrected chi connectivity index (χ0v) is 20.5. The van der Waals surface area contributed by atoms with Crippen LogP contribution in [0.2, 0.25) is 0 Å². The van der Waals surface area contributed by atoms with Crippen LogP contribution in [-0.4, -0.2) is 81.4 Å². The van der Waals surface area contributed by atoms with Crippen molar-refractivity contribution in [2.24, 2.45) is 0 Å². The van der Waals surface area contributed by atoms with E-state index in [9.17, 15) is 29.7 Å². The zero-order valence-electron chi connectivity index (χ0n) is 20.5. The Morgan fingerprint density at radius 2 is 1.57 bits per heavy atom. The summed E-state index contributed by atoms with van der Waals surface area (Å²) in [5, 5.41) is 31.7. The van der Waals surface area contributed by atoms with Crippen molar-refractivity contribution in [3.05, 3.63) is 60.2 Å². The first-order valence-corrected chi connectivity index (χ1v) is 12.6. The molecule has 2 fully saturated rings. The summed E-state index contributed by atoms with van der Waals surface area (Å²) in [5.41, 5.74) is 8.76. The normalized spacial score (nSPS) is 21.8. The molecule has 2 aromatic rings. The summed E-state index contributed by atoms with van der Waals surface area (Å²) in [6.45, 7) is 0.959. The number of carbonyl (C=O) groups excluding carboxylic acids is 2. The van der Waals surface area contributed by atoms with Crippen molar-refractivity contribution in [1.29, 1.82) is 0 Å². The molecule has 10 heteroatoms. The molecule has 198 valence electrons. The fraction of sp³-hybridized carbons (Fsp3) is 0.444. The largest absolute Gasteiger partial charge is 0.479 e. The Labute approximate surface area is 215 Å². The second-order valence-corrected chi connectivity index (χ2v) is 9.75. The summed E-state index contributed by atoms with van der Waals surface area (Å²) in [4.78, 5) is 38.8. The van der Waals surface area contributed by atoms with Crippen LogP contribution in [0.3, 0.4) is 0 Å². The number of hydrogen-bond donors (Lipinski definition) is 6. The number of nitrogens with one attached hydrogen (secondary N) is 3. The Bertz CT molecular complexity index is 1070. The molecule has 37 heavy (non-hydrogen) atoms. The van der Waals surface area contributed by atoms with Gasteiger partial charge in [0.15, 0.2) is 6.10 Å². The number of rotatable bonds is 9. The third-order valence-corrected chi connectivity index (χ3v) is 6.98. The average molecular weight is 511 g/mol. The third kappa shape index (κ3) is 7.14. The molecule has 2 heterocycles. The van der Waals surface area contributed by atoms with E-state index in [4.69, 9.17) is 0 Å². The van der Waals surface area contributed by atoms with Gasteiger partial charge in [-0.05, 0) is 42.4 Å². The second kappa shape index (κ2) is 12.3. The van der Waals surface area contributed by atoms with E-state index in [0.29, 0.717) is 32.4 Å². The Hall–Kier alpha value is -3.31. The minimum absolute atomic E-state index is 0.119. The maximum absolute atomic E-state index is 13.0. The Balaban J connectivity index is 1.37. The highest BCUT2D eigenvalue weighted by Gasteiger charge is 2.37. The molecule has 2 aliphatic heterocycles. The number of aliphatic hydroxyl groups is 2. The van der Waals surface area contributed by atoms with Crippen LogP contribution >= 0.6 is 0 Å². The number of nitrogens with zero attached hydrogens (tertiary/aromatic N) is 1. The van der Waals surface area contributed by atoms with E-state index in [1.54, 1.807) is 4.90 Å². The van der Waals surface area contributed by atoms with E-state index < -0.39 is 30.2 Å². The number of carboxylic acid groups (broad SMARTS) is 1. The maximum atomic E-state index is 13.0. The zero-order chi connectivity index (χ0) is 26.4. The molecule has 0 spiro atoms. The lowest BCUT2D eigenvalue weighted by Crippen LogP contribution is -2.50. The van der Waals surface area contributed by atoms with E-state index in [1.165, 1.54) is 0 Å². The highest BCUT2D eigenvalue weighted by atomic mass is 16.4. The lowest BCUT2D eigenvalue weighted by molar-refractivity contribution is -0.147. The number of piperidine rings is 1. The lowest BCUT2D eigenvalue weighted by atomic mass is 9.97. The quantitative estimate of drug-likeness (QED) is 0.284. The summed E-state index contributed by atoms with van der Waals surface area (Å²) in [6, 6.07) is 15.8. The van der Waals surface area contributed by atoms with Crippen molar-refractivity contribution < 1.29 is 29.7 Å². The van der Waals surface area contributed by atoms with Gasteiger partial charge in [-0.1, -0.05) is 54.6 Å². The van der Waals surface area contributed by atoms with Crippen molar-refractivity contribution in [2.45, 2.75) is 62.4 Å². The van der Waals surface area contributed by atoms with Gasteiger partial charge in [0, 0.05) is 25.6 Å². The van der Waals surface area contributed by atoms with Gasteiger partial charge in [-0.15, -0.1) is 0 Å². The van der Waals surface area contributed by atoms with Gasteiger partial charge in [-0.2, -0.15) is 0 Å². The highest BCUT2D eigenvalue weighted by molar-refractivity contribution is 5.87. The van der Waals surface area contributed by atoms with Crippen molar-refractivity contribution in [3.8, 4) is 11.1 Å². The number of likely N-dealkylation sites (tertiary alicyclic amines) is 1. The molecule has 10 nitrogen and oxygen atoms in total. The van der Waals surface area contributed by atoms with Crippen LogP contribution in [0.25, 0.3) is 11.1 Å². The SMILES string of the molecule is O=C(N[C@H](Cc1ccc(-c2ccccc2)cc1)C[C@H](O)C(=O)O)C1CC(C(=O)N2CCC(O)CC2)NN1. The van der Waals surface area contributed by atoms with Crippen LogP contribution in [0.4, 0.5) is 0 Å². The number of amides is 2. The van der Waals surface area contributed by atoms with Crippen molar-refractivity contribution in [1.82, 2.24) is 21.1 Å². The molecular formula is C27H34N4O6. The van der Waals surface area contributed by atoms with Crippen molar-refractivity contribution in [3.63, 3.8) is 0 Å². The predicted octanol–water partition coefficient (Wildman–Crippen LogP) is 0.435. The van der Waals surface area contributed by atoms with Crippen LogP contribution in [0.5, 0.6) is 0 Å². The van der Waals surface area contributed by atoms with Crippen LogP contribution in [0.1, 0.15) is 31.2 Å². The van der Waals surface area contributed by atoms with Crippen LogP contribution in [-0.2, 0) is 20.8 Å². The average Bonchev–Trinajstić information content (AvgIpc) is 3.40. The fourth-order valence-electron chi connectivity index (χ4n) is 4.81. The van der Waals surface area contributed by atoms with Gasteiger partial charge in [0.25, 0.3) is 0 Å². The standard InChI is InChI=1S/C27H34N4O6/c32-21-10-12-31(13-11-21)26(35)23-16-22(29-30-23)25(34)28-20(15-24(33)27(36)37)14-17-6-8-19(9-7-17)18-4-2-1-3-5-18/h1-9,20-24,29-30,32-33H,10-16H2,(H,28,34)(H,36,37)/t20-,22?,23?,24+/m1/s1. The summed E-state index contributed by atoms with van der Waals surface area (Å²) in [6.07, 6.45) is -0.504. The van der Waals surface area contributed by atoms with Crippen molar-refractivity contribution in [2.75, 3.05) is 13.1 Å². The molecule has 0 aliphatic carbocycles. The van der Waals surface area contributed by atoms with E-state index in [-0.39, 0.29) is 30.8 Å². The molecule has 2 amide bonds. The number of hydrogen-bond acceptors (Lipinski definition) is 7. The first-order valence-electron chi connectivity index (χ1n) is 12.6. The Morgan fingerprint density at radius 3 is 2.22 bits per heavy atom. The maximum Gasteiger partial charge on any atom is 0.332 e. The lowest BCUT2D eigenvalue weighted by Gasteiger charge is -2.31. The molecule has 2 aromatic carbocycles. The highest BCUT2D eigenvalue weighted by Crippen LogP contribution is 2.21. The summed E-state index contributed by atoms with van der Waals surface area (Å²) >= 11 is 0. The van der Waals surface area contributed by atoms with Gasteiger partial charge in [-0.3, -0.25) is 9.59 Å². The number of hydrazine groups is 1. The fourth-order valence-corrected chi connectivity index (χ4v) is 4.81. The number of aliphatic carboxylic acids is 1. The summed E-state index contributed by atoms with van der Waals surface area (Å²) in [5.74, 6) is -1.84. The first kappa shape index (κ1) is 26.7. The monoisotopic (exact) mass is 510 g/mol. The second-order valence-electron chi connectivity index (χ2n) is 9.75. The van der Waals surface area contributed by atoms with Crippen molar-refractivity contribution >= 4 is 17.8 Å². The van der Waals surface area contributed by atoms with Crippen LogP contribution in [0.15, 0.2) is 54.6 Å². The van der Waals surface area contributed by atoms with Crippen LogP contribution < -0.4 is 16.2 Å². The summed E-state index contributed by atoms with van der Waals surface area (Å²) < 4.78 is 0. The van der Waals surface area contributed by atoms with Gasteiger partial charge in [0.1, 0.15) is 12.1 Å². The van der Waals surface area contributed by atoms with Gasteiger partial charge in [0.05, 0.1) is 6.10 Å². The van der Waals surface area contributed by atoms with E-state index in [0.717, 1.165) is 16.7 Å². The number of carbonyl (C=O) groups is 3. The van der Waals surface area contributed by atoms with Gasteiger partial charge in [-0.25, -0.2) is 15.6 Å². The number of aliphatic hydroxyl groups excluding tert-OH is 2. The van der Waals surface area contributed by atoms with Gasteiger partial charge < -0.3 is 25.5 Å². The molecule has 0 aromatic heterocycles. The molecule has 2 saturated heterocycles. The first-order chi connectivity index (χ1) is 17.8. The molecule has 4 rings (SSSR count). The molecule has 2 unspecified atom stereocenters. The molecule has 0 radical (unpaired) electrons. The minimum atomic E-state index is -1.62. The topological polar surface area (TPSA) is 151 Å². The molecule has 2 aliphatic rings.